The number of nitrogens with zero attached hydrogens (tertiary/aromatic N) is 2. The molecule has 0 aliphatic carbocycles. The van der Waals surface area contributed by atoms with Crippen LogP contribution in [0.25, 0.3) is 22.1 Å². The van der Waals surface area contributed by atoms with Gasteiger partial charge in [0, 0.05) is 35.3 Å². The van der Waals surface area contributed by atoms with Crippen LogP contribution in [0.15, 0.2) is 48.8 Å². The number of aromatic nitrogens is 4. The van der Waals surface area contributed by atoms with Crippen LogP contribution in [0.4, 0.5) is 4.39 Å². The van der Waals surface area contributed by atoms with Crippen LogP contribution in [0.5, 0.6) is 11.5 Å². The van der Waals surface area contributed by atoms with E-state index in [1.165, 1.54) is 13.2 Å². The first-order chi connectivity index (χ1) is 15.5. The van der Waals surface area contributed by atoms with E-state index in [0.29, 0.717) is 34.3 Å². The zero-order valence-corrected chi connectivity index (χ0v) is 18.3. The summed E-state index contributed by atoms with van der Waals surface area (Å²) in [5, 5.41) is 1.59. The van der Waals surface area contributed by atoms with Gasteiger partial charge in [0.2, 0.25) is 0 Å². The Bertz CT molecular complexity index is 1440. The van der Waals surface area contributed by atoms with E-state index in [2.05, 4.69) is 19.9 Å². The Labute approximate surface area is 188 Å². The quantitative estimate of drug-likeness (QED) is 0.347. The number of fused-ring (bicyclic) bond motifs is 2. The smallest absolute Gasteiger partial charge is 0.164 e. The highest BCUT2D eigenvalue weighted by Crippen LogP contribution is 2.33. The molecule has 0 aliphatic heterocycles. The van der Waals surface area contributed by atoms with Crippen molar-refractivity contribution in [3.8, 4) is 11.5 Å². The van der Waals surface area contributed by atoms with Gasteiger partial charge < -0.3 is 19.4 Å². The fourth-order valence-electron chi connectivity index (χ4n) is 3.74. The summed E-state index contributed by atoms with van der Waals surface area (Å²) in [6, 6.07) is 10.5. The molecule has 8 heteroatoms. The van der Waals surface area contributed by atoms with Gasteiger partial charge in [-0.05, 0) is 53.9 Å². The summed E-state index contributed by atoms with van der Waals surface area (Å²) in [5.74, 6) is 1.00. The van der Waals surface area contributed by atoms with Crippen molar-refractivity contribution >= 4 is 33.7 Å². The zero-order chi connectivity index (χ0) is 22.2. The first kappa shape index (κ1) is 20.3. The zero-order valence-electron chi connectivity index (χ0n) is 17.5. The second kappa shape index (κ2) is 8.16. The monoisotopic (exact) mass is 450 g/mol. The molecule has 0 saturated heterocycles. The largest absolute Gasteiger partial charge is 0.493 e. The van der Waals surface area contributed by atoms with Gasteiger partial charge in [0.25, 0.3) is 0 Å². The van der Waals surface area contributed by atoms with E-state index in [4.69, 9.17) is 21.1 Å². The molecular weight excluding hydrogens is 431 g/mol. The molecule has 162 valence electrons. The molecule has 32 heavy (non-hydrogen) atoms. The summed E-state index contributed by atoms with van der Waals surface area (Å²) < 4.78 is 26.3. The molecule has 0 radical (unpaired) electrons. The van der Waals surface area contributed by atoms with Gasteiger partial charge in [-0.15, -0.1) is 0 Å². The lowest BCUT2D eigenvalue weighted by molar-refractivity contribution is 0.275. The van der Waals surface area contributed by atoms with E-state index >= 15 is 0 Å². The Balaban J connectivity index is 1.39. The topological polar surface area (TPSA) is 75.8 Å². The van der Waals surface area contributed by atoms with Crippen LogP contribution in [0.2, 0.25) is 5.02 Å². The maximum Gasteiger partial charge on any atom is 0.164 e. The predicted octanol–water partition coefficient (Wildman–Crippen LogP) is 5.72. The summed E-state index contributed by atoms with van der Waals surface area (Å²) in [6.45, 7) is 2.12. The number of imidazole rings is 1. The van der Waals surface area contributed by atoms with Gasteiger partial charge in [-0.2, -0.15) is 0 Å². The van der Waals surface area contributed by atoms with Gasteiger partial charge in [-0.3, -0.25) is 0 Å². The molecular formula is C24H20ClFN4O2. The standard InChI is InChI=1S/C24H20ClFN4O2/c1-13-5-17-15(11-28-24(17)27-10-13)6-14-7-21(31-2)22(9-18(14)26)32-12-23-29-19-4-3-16(25)8-20(19)30-23/h3-5,7-11H,6,12H2,1-2H3,(H,27,28)(H,29,30). The second-order valence-electron chi connectivity index (χ2n) is 7.63. The molecule has 2 N–H and O–H groups in total. The summed E-state index contributed by atoms with van der Waals surface area (Å²) in [4.78, 5) is 15.1. The van der Waals surface area contributed by atoms with Gasteiger partial charge >= 0.3 is 0 Å². The molecule has 0 unspecified atom stereocenters. The number of H-pyrrole nitrogens is 2. The molecule has 0 saturated carbocycles. The maximum absolute atomic E-state index is 15.0. The number of methoxy groups -OCH3 is 1. The van der Waals surface area contributed by atoms with Crippen LogP contribution in [0, 0.1) is 12.7 Å². The number of pyridine rings is 1. The SMILES string of the molecule is COc1cc(Cc2c[nH]c3ncc(C)cc23)c(F)cc1OCc1nc2cc(Cl)ccc2[nH]1. The average molecular weight is 451 g/mol. The summed E-state index contributed by atoms with van der Waals surface area (Å²) in [6.07, 6.45) is 4.06. The molecule has 6 nitrogen and oxygen atoms in total. The average Bonchev–Trinajstić information content (AvgIpc) is 3.36. The van der Waals surface area contributed by atoms with E-state index in [1.54, 1.807) is 24.4 Å². The molecule has 0 fully saturated rings. The minimum atomic E-state index is -0.368. The Morgan fingerprint density at radius 3 is 2.81 bits per heavy atom. The van der Waals surface area contributed by atoms with Crippen molar-refractivity contribution in [1.82, 2.24) is 19.9 Å². The van der Waals surface area contributed by atoms with Gasteiger partial charge in [0.05, 0.1) is 18.1 Å². The van der Waals surface area contributed by atoms with Crippen molar-refractivity contribution in [3.63, 3.8) is 0 Å². The number of rotatable bonds is 6. The number of aromatic amines is 2. The Morgan fingerprint density at radius 2 is 1.97 bits per heavy atom. The highest BCUT2D eigenvalue weighted by atomic mass is 35.5. The third-order valence-corrected chi connectivity index (χ3v) is 5.56. The highest BCUT2D eigenvalue weighted by Gasteiger charge is 2.15. The summed E-state index contributed by atoms with van der Waals surface area (Å²) in [7, 11) is 1.53. The molecule has 0 bridgehead atoms. The minimum absolute atomic E-state index is 0.134. The number of nitrogens with one attached hydrogen (secondary N) is 2. The van der Waals surface area contributed by atoms with Crippen molar-refractivity contribution < 1.29 is 13.9 Å². The maximum atomic E-state index is 15.0. The predicted molar refractivity (Wildman–Crippen MR) is 122 cm³/mol. The van der Waals surface area contributed by atoms with Crippen molar-refractivity contribution in [3.05, 3.63) is 82.1 Å². The van der Waals surface area contributed by atoms with Gasteiger partial charge in [-0.1, -0.05) is 11.6 Å². The number of hydrogen-bond acceptors (Lipinski definition) is 4. The number of ether oxygens (including phenoxy) is 2. The first-order valence-electron chi connectivity index (χ1n) is 10.1. The van der Waals surface area contributed by atoms with Crippen molar-refractivity contribution in [2.75, 3.05) is 7.11 Å². The first-order valence-corrected chi connectivity index (χ1v) is 10.4. The Kier molecular flexibility index (Phi) is 5.19. The normalized spacial score (nSPS) is 11.4. The van der Waals surface area contributed by atoms with E-state index in [-0.39, 0.29) is 12.4 Å². The molecule has 5 rings (SSSR count). The van der Waals surface area contributed by atoms with Crippen molar-refractivity contribution in [1.29, 1.82) is 0 Å². The lowest BCUT2D eigenvalue weighted by Crippen LogP contribution is -2.02. The summed E-state index contributed by atoms with van der Waals surface area (Å²) >= 11 is 6.01. The lowest BCUT2D eigenvalue weighted by Gasteiger charge is -2.12. The molecule has 3 heterocycles. The van der Waals surface area contributed by atoms with Crippen LogP contribution in [0.3, 0.4) is 0 Å². The highest BCUT2D eigenvalue weighted by molar-refractivity contribution is 6.31. The molecule has 0 atom stereocenters. The Hall–Kier alpha value is -3.58. The summed E-state index contributed by atoms with van der Waals surface area (Å²) in [5.41, 5.74) is 4.90. The number of aryl methyl sites for hydroxylation is 1. The third-order valence-electron chi connectivity index (χ3n) is 5.33. The fraction of sp³-hybridized carbons (Fsp3) is 0.167. The molecule has 0 spiro atoms. The van der Waals surface area contributed by atoms with Crippen LogP contribution in [-0.2, 0) is 13.0 Å². The number of benzene rings is 2. The van der Waals surface area contributed by atoms with E-state index in [9.17, 15) is 4.39 Å². The molecule has 3 aromatic heterocycles. The van der Waals surface area contributed by atoms with Crippen LogP contribution in [-0.4, -0.2) is 27.0 Å². The van der Waals surface area contributed by atoms with E-state index in [1.807, 2.05) is 25.3 Å². The molecule has 0 amide bonds. The van der Waals surface area contributed by atoms with Gasteiger partial charge in [-0.25, -0.2) is 14.4 Å². The van der Waals surface area contributed by atoms with E-state index < -0.39 is 0 Å². The second-order valence-corrected chi connectivity index (χ2v) is 8.06. The fourth-order valence-corrected chi connectivity index (χ4v) is 3.91. The minimum Gasteiger partial charge on any atom is -0.493 e. The molecule has 0 aliphatic rings. The molecule has 5 aromatic rings. The van der Waals surface area contributed by atoms with Crippen molar-refractivity contribution in [2.24, 2.45) is 0 Å². The van der Waals surface area contributed by atoms with Crippen LogP contribution in [0.1, 0.15) is 22.5 Å². The van der Waals surface area contributed by atoms with Gasteiger partial charge in [0.15, 0.2) is 11.5 Å². The number of halogens is 2. The molecule has 2 aromatic carbocycles. The van der Waals surface area contributed by atoms with Crippen molar-refractivity contribution in [2.45, 2.75) is 20.0 Å². The lowest BCUT2D eigenvalue weighted by atomic mass is 10.0. The van der Waals surface area contributed by atoms with E-state index in [0.717, 1.165) is 33.2 Å². The van der Waals surface area contributed by atoms with Crippen LogP contribution < -0.4 is 9.47 Å². The Morgan fingerprint density at radius 1 is 1.09 bits per heavy atom. The van der Waals surface area contributed by atoms with Gasteiger partial charge in [0.1, 0.15) is 23.9 Å². The number of hydrogen-bond donors (Lipinski definition) is 2. The third kappa shape index (κ3) is 3.87. The van der Waals surface area contributed by atoms with Crippen LogP contribution >= 0.6 is 11.6 Å².